The average molecular weight is 294 g/mol. The summed E-state index contributed by atoms with van der Waals surface area (Å²) in [7, 11) is 3.50. The molecule has 1 aliphatic carbocycles. The summed E-state index contributed by atoms with van der Waals surface area (Å²) in [6.45, 7) is 4.75. The van der Waals surface area contributed by atoms with E-state index in [4.69, 9.17) is 4.74 Å². The number of methoxy groups -OCH3 is 1. The Morgan fingerprint density at radius 3 is 2.57 bits per heavy atom. The third-order valence-electron chi connectivity index (χ3n) is 3.82. The fraction of sp³-hybridized carbons (Fsp3) is 0.733. The maximum absolute atomic E-state index is 10.3. The van der Waals surface area contributed by atoms with Gasteiger partial charge < -0.3 is 20.5 Å². The molecule has 21 heavy (non-hydrogen) atoms. The molecule has 1 saturated carbocycles. The molecular weight excluding hydrogens is 268 g/mol. The Morgan fingerprint density at radius 2 is 2.00 bits per heavy atom. The number of anilines is 2. The summed E-state index contributed by atoms with van der Waals surface area (Å²) < 4.78 is 5.03. The van der Waals surface area contributed by atoms with Crippen LogP contribution in [0.2, 0.25) is 0 Å². The molecule has 0 saturated heterocycles. The van der Waals surface area contributed by atoms with Crippen LogP contribution in [0.3, 0.4) is 0 Å². The van der Waals surface area contributed by atoms with E-state index in [2.05, 4.69) is 20.6 Å². The maximum Gasteiger partial charge on any atom is 0.136 e. The zero-order chi connectivity index (χ0) is 15.5. The zero-order valence-corrected chi connectivity index (χ0v) is 13.4. The van der Waals surface area contributed by atoms with Crippen LogP contribution in [0.25, 0.3) is 0 Å². The summed E-state index contributed by atoms with van der Waals surface area (Å²) in [5, 5.41) is 16.7. The number of hydrogen-bond donors (Lipinski definition) is 3. The summed E-state index contributed by atoms with van der Waals surface area (Å²) >= 11 is 0. The molecule has 0 spiro atoms. The van der Waals surface area contributed by atoms with Gasteiger partial charge in [-0.3, -0.25) is 0 Å². The van der Waals surface area contributed by atoms with Crippen LogP contribution in [0.1, 0.15) is 43.5 Å². The molecule has 118 valence electrons. The molecule has 1 fully saturated rings. The van der Waals surface area contributed by atoms with Crippen LogP contribution in [0.5, 0.6) is 0 Å². The second kappa shape index (κ2) is 6.58. The van der Waals surface area contributed by atoms with Gasteiger partial charge in [0.15, 0.2) is 0 Å². The normalized spacial score (nSPS) is 17.4. The maximum atomic E-state index is 10.3. The third-order valence-corrected chi connectivity index (χ3v) is 3.82. The number of aromatic nitrogens is 2. The molecule has 3 N–H and O–H groups in total. The highest BCUT2D eigenvalue weighted by atomic mass is 16.5. The number of rotatable bonds is 8. The minimum atomic E-state index is -0.826. The van der Waals surface area contributed by atoms with Gasteiger partial charge in [0.25, 0.3) is 0 Å². The summed E-state index contributed by atoms with van der Waals surface area (Å²) in [6, 6.07) is 0. The summed E-state index contributed by atoms with van der Waals surface area (Å²) in [6.07, 6.45) is 2.91. The number of aliphatic hydroxyl groups is 1. The first-order valence-electron chi connectivity index (χ1n) is 7.48. The van der Waals surface area contributed by atoms with Gasteiger partial charge in [0.05, 0.1) is 5.60 Å². The van der Waals surface area contributed by atoms with Crippen LogP contribution < -0.4 is 10.6 Å². The van der Waals surface area contributed by atoms with Crippen LogP contribution in [-0.4, -0.2) is 48.0 Å². The van der Waals surface area contributed by atoms with Gasteiger partial charge in [0, 0.05) is 45.2 Å². The van der Waals surface area contributed by atoms with E-state index in [1.54, 1.807) is 14.0 Å². The van der Waals surface area contributed by atoms with E-state index in [-0.39, 0.29) is 0 Å². The fourth-order valence-corrected chi connectivity index (χ4v) is 2.16. The van der Waals surface area contributed by atoms with E-state index >= 15 is 0 Å². The van der Waals surface area contributed by atoms with E-state index in [1.807, 2.05) is 14.0 Å². The molecule has 6 heteroatoms. The van der Waals surface area contributed by atoms with Crippen molar-refractivity contribution in [1.82, 2.24) is 9.97 Å². The Hall–Kier alpha value is -1.40. The molecule has 0 aromatic carbocycles. The largest absolute Gasteiger partial charge is 0.388 e. The summed E-state index contributed by atoms with van der Waals surface area (Å²) in [5.41, 5.74) is 0.150. The van der Waals surface area contributed by atoms with Crippen molar-refractivity contribution in [3.63, 3.8) is 0 Å². The first-order chi connectivity index (χ1) is 9.96. The quantitative estimate of drug-likeness (QED) is 0.679. The summed E-state index contributed by atoms with van der Waals surface area (Å²) in [4.78, 5) is 9.18. The lowest BCUT2D eigenvalue weighted by Crippen LogP contribution is -2.35. The number of hydrogen-bond acceptors (Lipinski definition) is 6. The van der Waals surface area contributed by atoms with Crippen LogP contribution in [-0.2, 0) is 4.74 Å². The molecule has 0 amide bonds. The van der Waals surface area contributed by atoms with Crippen LogP contribution in [0.15, 0.2) is 0 Å². The average Bonchev–Trinajstić information content (AvgIpc) is 3.29. The SMILES string of the molecule is CNc1nc(C2CC2)nc(NCC(C)(O)CCOC)c1C. The van der Waals surface area contributed by atoms with Gasteiger partial charge in [-0.05, 0) is 26.7 Å². The van der Waals surface area contributed by atoms with Gasteiger partial charge in [-0.2, -0.15) is 0 Å². The lowest BCUT2D eigenvalue weighted by molar-refractivity contribution is 0.0357. The molecule has 0 bridgehead atoms. The Balaban J connectivity index is 2.09. The first-order valence-corrected chi connectivity index (χ1v) is 7.48. The lowest BCUT2D eigenvalue weighted by Gasteiger charge is -2.24. The molecule has 0 aliphatic heterocycles. The Kier molecular flexibility index (Phi) is 5.00. The van der Waals surface area contributed by atoms with Crippen molar-refractivity contribution in [2.45, 2.75) is 44.6 Å². The monoisotopic (exact) mass is 294 g/mol. The molecular formula is C15H26N4O2. The second-order valence-corrected chi connectivity index (χ2v) is 6.02. The van der Waals surface area contributed by atoms with Crippen molar-refractivity contribution >= 4 is 11.6 Å². The molecule has 1 aromatic rings. The van der Waals surface area contributed by atoms with Crippen molar-refractivity contribution in [3.8, 4) is 0 Å². The molecule has 1 aliphatic rings. The van der Waals surface area contributed by atoms with Gasteiger partial charge in [-0.15, -0.1) is 0 Å². The smallest absolute Gasteiger partial charge is 0.136 e. The van der Waals surface area contributed by atoms with Crippen LogP contribution in [0.4, 0.5) is 11.6 Å². The third kappa shape index (κ3) is 4.28. The van der Waals surface area contributed by atoms with E-state index in [0.29, 0.717) is 25.5 Å². The van der Waals surface area contributed by atoms with Crippen molar-refractivity contribution in [2.75, 3.05) is 37.9 Å². The molecule has 1 aromatic heterocycles. The van der Waals surface area contributed by atoms with Crippen molar-refractivity contribution in [1.29, 1.82) is 0 Å². The highest BCUT2D eigenvalue weighted by Crippen LogP contribution is 2.39. The number of ether oxygens (including phenoxy) is 1. The molecule has 2 rings (SSSR count). The molecule has 1 heterocycles. The van der Waals surface area contributed by atoms with Crippen LogP contribution in [0, 0.1) is 6.92 Å². The zero-order valence-electron chi connectivity index (χ0n) is 13.4. The number of nitrogens with zero attached hydrogens (tertiary/aromatic N) is 2. The van der Waals surface area contributed by atoms with Crippen LogP contribution >= 0.6 is 0 Å². The first kappa shape index (κ1) is 16.0. The Labute approximate surface area is 126 Å². The molecule has 6 nitrogen and oxygen atoms in total. The molecule has 1 atom stereocenters. The van der Waals surface area contributed by atoms with Gasteiger partial charge in [0.1, 0.15) is 17.5 Å². The second-order valence-electron chi connectivity index (χ2n) is 6.02. The standard InChI is InChI=1S/C15H26N4O2/c1-10-12(16-3)18-14(11-5-6-11)19-13(10)17-9-15(2,20)7-8-21-4/h11,20H,5-9H2,1-4H3,(H2,16,17,18,19). The van der Waals surface area contributed by atoms with E-state index in [9.17, 15) is 5.11 Å². The Morgan fingerprint density at radius 1 is 1.33 bits per heavy atom. The Bertz CT molecular complexity index is 487. The van der Waals surface area contributed by atoms with Crippen molar-refractivity contribution in [3.05, 3.63) is 11.4 Å². The molecule has 0 radical (unpaired) electrons. The van der Waals surface area contributed by atoms with Gasteiger partial charge in [0.2, 0.25) is 0 Å². The fourth-order valence-electron chi connectivity index (χ4n) is 2.16. The minimum absolute atomic E-state index is 0.432. The minimum Gasteiger partial charge on any atom is -0.388 e. The summed E-state index contributed by atoms with van der Waals surface area (Å²) in [5.74, 6) is 3.04. The lowest BCUT2D eigenvalue weighted by atomic mass is 10.0. The van der Waals surface area contributed by atoms with Gasteiger partial charge >= 0.3 is 0 Å². The highest BCUT2D eigenvalue weighted by molar-refractivity contribution is 5.57. The van der Waals surface area contributed by atoms with Crippen molar-refractivity contribution < 1.29 is 9.84 Å². The number of nitrogens with one attached hydrogen (secondary N) is 2. The van der Waals surface area contributed by atoms with E-state index in [1.165, 1.54) is 0 Å². The highest BCUT2D eigenvalue weighted by Gasteiger charge is 2.28. The predicted octanol–water partition coefficient (Wildman–Crippen LogP) is 1.90. The van der Waals surface area contributed by atoms with Gasteiger partial charge in [-0.25, -0.2) is 9.97 Å². The van der Waals surface area contributed by atoms with Crippen molar-refractivity contribution in [2.24, 2.45) is 0 Å². The van der Waals surface area contributed by atoms with Gasteiger partial charge in [-0.1, -0.05) is 0 Å². The molecule has 1 unspecified atom stereocenters. The topological polar surface area (TPSA) is 79.3 Å². The predicted molar refractivity (Wildman–Crippen MR) is 83.9 cm³/mol. The van der Waals surface area contributed by atoms with E-state index in [0.717, 1.165) is 35.9 Å². The van der Waals surface area contributed by atoms with E-state index < -0.39 is 5.60 Å².